The van der Waals surface area contributed by atoms with Gasteiger partial charge in [-0.15, -0.1) is 0 Å². The normalized spacial score (nSPS) is 11.4. The molecule has 0 radical (unpaired) electrons. The van der Waals surface area contributed by atoms with E-state index >= 15 is 0 Å². The number of hydrogen-bond acceptors (Lipinski definition) is 6. The van der Waals surface area contributed by atoms with Gasteiger partial charge in [-0.2, -0.15) is 0 Å². The van der Waals surface area contributed by atoms with Gasteiger partial charge in [0, 0.05) is 13.7 Å². The number of rotatable bonds is 17. The largest absolute Gasteiger partial charge is 0.382 e. The van der Waals surface area contributed by atoms with Crippen LogP contribution in [0.2, 0.25) is 0 Å². The van der Waals surface area contributed by atoms with E-state index in [1.54, 1.807) is 7.11 Å². The molecule has 0 aromatic carbocycles. The van der Waals surface area contributed by atoms with Crippen molar-refractivity contribution in [2.24, 2.45) is 5.92 Å². The van der Waals surface area contributed by atoms with E-state index < -0.39 is 0 Å². The van der Waals surface area contributed by atoms with Gasteiger partial charge < -0.3 is 29.0 Å². The molecule has 0 aliphatic carbocycles. The second-order valence-corrected chi connectivity index (χ2v) is 5.04. The number of nitrogens with one attached hydrogen (secondary N) is 1. The minimum Gasteiger partial charge on any atom is -0.382 e. The molecule has 6 heteroatoms. The van der Waals surface area contributed by atoms with E-state index in [0.29, 0.717) is 58.8 Å². The van der Waals surface area contributed by atoms with Gasteiger partial charge in [0.1, 0.15) is 0 Å². The SMILES string of the molecule is COCCOCCOCCOCCOCCNCC(C)C. The lowest BCUT2D eigenvalue weighted by Gasteiger charge is -2.09. The highest BCUT2D eigenvalue weighted by Crippen LogP contribution is 1.86. The van der Waals surface area contributed by atoms with Crippen molar-refractivity contribution in [3.05, 3.63) is 0 Å². The zero-order chi connectivity index (χ0) is 15.6. The second-order valence-electron chi connectivity index (χ2n) is 5.04. The molecule has 0 aromatic heterocycles. The molecular formula is C15H33NO5. The summed E-state index contributed by atoms with van der Waals surface area (Å²) in [6, 6.07) is 0. The summed E-state index contributed by atoms with van der Waals surface area (Å²) in [4.78, 5) is 0. The minimum atomic E-state index is 0.587. The Balaban J connectivity index is 2.93. The van der Waals surface area contributed by atoms with Crippen molar-refractivity contribution in [2.45, 2.75) is 13.8 Å². The summed E-state index contributed by atoms with van der Waals surface area (Å²) in [6.45, 7) is 11.9. The summed E-state index contributed by atoms with van der Waals surface area (Å²) in [6.07, 6.45) is 0. The molecule has 0 rings (SSSR count). The van der Waals surface area contributed by atoms with Crippen molar-refractivity contribution in [3.8, 4) is 0 Å². The van der Waals surface area contributed by atoms with Crippen LogP contribution in [-0.4, -0.2) is 79.7 Å². The Labute approximate surface area is 129 Å². The van der Waals surface area contributed by atoms with Crippen molar-refractivity contribution in [3.63, 3.8) is 0 Å². The van der Waals surface area contributed by atoms with Gasteiger partial charge in [0.2, 0.25) is 0 Å². The molecule has 0 spiro atoms. The summed E-state index contributed by atoms with van der Waals surface area (Å²) in [7, 11) is 1.66. The van der Waals surface area contributed by atoms with Crippen LogP contribution in [0.4, 0.5) is 0 Å². The Morgan fingerprint density at radius 2 is 1.10 bits per heavy atom. The fraction of sp³-hybridized carbons (Fsp3) is 1.00. The molecule has 0 saturated carbocycles. The number of ether oxygens (including phenoxy) is 5. The summed E-state index contributed by atoms with van der Waals surface area (Å²) < 4.78 is 26.3. The zero-order valence-corrected chi connectivity index (χ0v) is 13.9. The van der Waals surface area contributed by atoms with Crippen LogP contribution in [0.1, 0.15) is 13.8 Å². The van der Waals surface area contributed by atoms with Crippen molar-refractivity contribution in [1.82, 2.24) is 5.32 Å². The van der Waals surface area contributed by atoms with Crippen LogP contribution in [0.3, 0.4) is 0 Å². The van der Waals surface area contributed by atoms with Gasteiger partial charge >= 0.3 is 0 Å². The molecule has 0 aliphatic heterocycles. The Bertz CT molecular complexity index is 193. The highest BCUT2D eigenvalue weighted by atomic mass is 16.6. The van der Waals surface area contributed by atoms with Crippen LogP contribution in [0, 0.1) is 5.92 Å². The monoisotopic (exact) mass is 307 g/mol. The third-order valence-corrected chi connectivity index (χ3v) is 2.52. The summed E-state index contributed by atoms with van der Waals surface area (Å²) in [5.41, 5.74) is 0. The van der Waals surface area contributed by atoms with E-state index in [2.05, 4.69) is 19.2 Å². The highest BCUT2D eigenvalue weighted by molar-refractivity contribution is 4.49. The average molecular weight is 307 g/mol. The van der Waals surface area contributed by atoms with Gasteiger partial charge in [-0.25, -0.2) is 0 Å². The fourth-order valence-electron chi connectivity index (χ4n) is 1.44. The molecule has 21 heavy (non-hydrogen) atoms. The fourth-order valence-corrected chi connectivity index (χ4v) is 1.44. The Morgan fingerprint density at radius 1 is 0.667 bits per heavy atom. The van der Waals surface area contributed by atoms with Crippen LogP contribution in [0.25, 0.3) is 0 Å². The number of methoxy groups -OCH3 is 1. The lowest BCUT2D eigenvalue weighted by atomic mass is 10.2. The molecule has 0 atom stereocenters. The van der Waals surface area contributed by atoms with E-state index in [0.717, 1.165) is 19.7 Å². The van der Waals surface area contributed by atoms with Crippen molar-refractivity contribution in [1.29, 1.82) is 0 Å². The van der Waals surface area contributed by atoms with E-state index in [9.17, 15) is 0 Å². The third-order valence-electron chi connectivity index (χ3n) is 2.52. The molecule has 0 fully saturated rings. The molecule has 128 valence electrons. The van der Waals surface area contributed by atoms with Crippen molar-refractivity contribution in [2.75, 3.05) is 79.7 Å². The summed E-state index contributed by atoms with van der Waals surface area (Å²) in [5, 5.41) is 3.32. The van der Waals surface area contributed by atoms with Crippen LogP contribution in [0.5, 0.6) is 0 Å². The summed E-state index contributed by atoms with van der Waals surface area (Å²) in [5.74, 6) is 0.679. The van der Waals surface area contributed by atoms with Gasteiger partial charge in [-0.3, -0.25) is 0 Å². The molecule has 0 aromatic rings. The van der Waals surface area contributed by atoms with Gasteiger partial charge in [0.25, 0.3) is 0 Å². The first kappa shape index (κ1) is 20.8. The topological polar surface area (TPSA) is 58.2 Å². The molecule has 0 amide bonds. The third kappa shape index (κ3) is 19.8. The van der Waals surface area contributed by atoms with E-state index in [-0.39, 0.29) is 0 Å². The van der Waals surface area contributed by atoms with Crippen LogP contribution in [-0.2, 0) is 23.7 Å². The van der Waals surface area contributed by atoms with Crippen molar-refractivity contribution >= 4 is 0 Å². The Kier molecular flexibility index (Phi) is 17.6. The first-order chi connectivity index (χ1) is 10.3. The highest BCUT2D eigenvalue weighted by Gasteiger charge is 1.94. The molecule has 0 aliphatic rings. The average Bonchev–Trinajstić information content (AvgIpc) is 2.46. The first-order valence-corrected chi connectivity index (χ1v) is 7.78. The zero-order valence-electron chi connectivity index (χ0n) is 13.9. The lowest BCUT2D eigenvalue weighted by Crippen LogP contribution is -2.24. The molecule has 6 nitrogen and oxygen atoms in total. The smallest absolute Gasteiger partial charge is 0.0701 e. The van der Waals surface area contributed by atoms with Gasteiger partial charge in [-0.05, 0) is 12.5 Å². The van der Waals surface area contributed by atoms with Crippen LogP contribution in [0.15, 0.2) is 0 Å². The van der Waals surface area contributed by atoms with E-state index in [4.69, 9.17) is 23.7 Å². The maximum Gasteiger partial charge on any atom is 0.0701 e. The first-order valence-electron chi connectivity index (χ1n) is 7.78. The summed E-state index contributed by atoms with van der Waals surface area (Å²) >= 11 is 0. The van der Waals surface area contributed by atoms with E-state index in [1.807, 2.05) is 0 Å². The van der Waals surface area contributed by atoms with Crippen LogP contribution >= 0.6 is 0 Å². The standard InChI is InChI=1S/C15H33NO5/c1-15(2)14-16-4-5-18-8-9-20-12-13-21-11-10-19-7-6-17-3/h15-16H,4-14H2,1-3H3. The predicted octanol–water partition coefficient (Wildman–Crippen LogP) is 0.945. The second kappa shape index (κ2) is 17.8. The molecule has 0 saturated heterocycles. The Hall–Kier alpha value is -0.240. The maximum atomic E-state index is 5.44. The van der Waals surface area contributed by atoms with Crippen molar-refractivity contribution < 1.29 is 23.7 Å². The van der Waals surface area contributed by atoms with Crippen LogP contribution < -0.4 is 5.32 Å². The predicted molar refractivity (Wildman–Crippen MR) is 82.9 cm³/mol. The number of hydrogen-bond donors (Lipinski definition) is 1. The van der Waals surface area contributed by atoms with Gasteiger partial charge in [0.05, 0.1) is 59.5 Å². The Morgan fingerprint density at radius 3 is 1.52 bits per heavy atom. The molecular weight excluding hydrogens is 274 g/mol. The molecule has 0 unspecified atom stereocenters. The lowest BCUT2D eigenvalue weighted by molar-refractivity contribution is -0.00750. The quantitative estimate of drug-likeness (QED) is 0.404. The molecule has 0 bridgehead atoms. The van der Waals surface area contributed by atoms with Gasteiger partial charge in [0.15, 0.2) is 0 Å². The maximum absolute atomic E-state index is 5.44. The van der Waals surface area contributed by atoms with Gasteiger partial charge in [-0.1, -0.05) is 13.8 Å². The molecule has 0 heterocycles. The van der Waals surface area contributed by atoms with E-state index in [1.165, 1.54) is 0 Å². The minimum absolute atomic E-state index is 0.587. The molecule has 1 N–H and O–H groups in total.